The zero-order chi connectivity index (χ0) is 23.6. The highest BCUT2D eigenvalue weighted by Crippen LogP contribution is 2.28. The number of benzene rings is 2. The molecule has 1 heterocycles. The zero-order valence-corrected chi connectivity index (χ0v) is 19.7. The number of hydrogen-bond acceptors (Lipinski definition) is 6. The van der Waals surface area contributed by atoms with Gasteiger partial charge in [-0.3, -0.25) is 4.79 Å². The molecule has 0 bridgehead atoms. The van der Waals surface area contributed by atoms with Crippen LogP contribution in [0.5, 0.6) is 17.2 Å². The molecule has 2 aromatic carbocycles. The van der Waals surface area contributed by atoms with Crippen molar-refractivity contribution < 1.29 is 28.5 Å². The first kappa shape index (κ1) is 24.4. The molecule has 7 nitrogen and oxygen atoms in total. The molecule has 1 aliphatic rings. The van der Waals surface area contributed by atoms with Gasteiger partial charge in [-0.25, -0.2) is 4.79 Å². The summed E-state index contributed by atoms with van der Waals surface area (Å²) in [4.78, 5) is 27.6. The van der Waals surface area contributed by atoms with Gasteiger partial charge >= 0.3 is 5.97 Å². The number of hydrogen-bond donors (Lipinski definition) is 0. The van der Waals surface area contributed by atoms with Gasteiger partial charge in [-0.1, -0.05) is 13.0 Å². The fourth-order valence-electron chi connectivity index (χ4n) is 3.90. The van der Waals surface area contributed by atoms with Gasteiger partial charge < -0.3 is 23.8 Å². The maximum atomic E-state index is 13.1. The summed E-state index contributed by atoms with van der Waals surface area (Å²) in [5, 5.41) is 0. The van der Waals surface area contributed by atoms with Gasteiger partial charge in [0.2, 0.25) is 0 Å². The number of rotatable bonds is 10. The number of carbonyl (C=O) groups is 2. The Labute approximate surface area is 195 Å². The van der Waals surface area contributed by atoms with E-state index >= 15 is 0 Å². The first-order chi connectivity index (χ1) is 16.1. The van der Waals surface area contributed by atoms with E-state index in [-0.39, 0.29) is 18.5 Å². The summed E-state index contributed by atoms with van der Waals surface area (Å²) in [6.07, 6.45) is 3.84. The highest BCUT2D eigenvalue weighted by molar-refractivity contribution is 5.97. The molecule has 2 aromatic rings. The second-order valence-corrected chi connectivity index (χ2v) is 7.99. The number of esters is 1. The Morgan fingerprint density at radius 1 is 0.970 bits per heavy atom. The van der Waals surface area contributed by atoms with Crippen LogP contribution in [0.25, 0.3) is 0 Å². The molecule has 1 aliphatic heterocycles. The van der Waals surface area contributed by atoms with Crippen LogP contribution in [-0.4, -0.2) is 56.8 Å². The van der Waals surface area contributed by atoms with Crippen molar-refractivity contribution >= 4 is 11.9 Å². The lowest BCUT2D eigenvalue weighted by atomic mass is 10.0. The second kappa shape index (κ2) is 12.1. The SMILES string of the molecule is CCCOc1ccc(C(=O)N2CCCCC2C(=O)OCCc2ccc(OC)c(OC)c2)cc1. The van der Waals surface area contributed by atoms with E-state index in [9.17, 15) is 9.59 Å². The molecule has 0 radical (unpaired) electrons. The minimum absolute atomic E-state index is 0.154. The van der Waals surface area contributed by atoms with Crippen molar-refractivity contribution in [3.63, 3.8) is 0 Å². The van der Waals surface area contributed by atoms with Gasteiger partial charge in [-0.15, -0.1) is 0 Å². The summed E-state index contributed by atoms with van der Waals surface area (Å²) >= 11 is 0. The number of ether oxygens (including phenoxy) is 4. The molecule has 1 unspecified atom stereocenters. The molecule has 178 valence electrons. The maximum absolute atomic E-state index is 13.1. The Kier molecular flexibility index (Phi) is 8.98. The molecular weight excluding hydrogens is 422 g/mol. The molecule has 1 saturated heterocycles. The number of carbonyl (C=O) groups excluding carboxylic acids is 2. The minimum Gasteiger partial charge on any atom is -0.494 e. The van der Waals surface area contributed by atoms with Crippen LogP contribution in [0.2, 0.25) is 0 Å². The Bertz CT molecular complexity index is 927. The van der Waals surface area contributed by atoms with Crippen LogP contribution in [0.15, 0.2) is 42.5 Å². The largest absolute Gasteiger partial charge is 0.494 e. The van der Waals surface area contributed by atoms with E-state index < -0.39 is 6.04 Å². The molecule has 0 aromatic heterocycles. The maximum Gasteiger partial charge on any atom is 0.328 e. The quantitative estimate of drug-likeness (QED) is 0.498. The lowest BCUT2D eigenvalue weighted by Crippen LogP contribution is -2.48. The number of piperidine rings is 1. The third-order valence-corrected chi connectivity index (χ3v) is 5.69. The predicted octanol–water partition coefficient (Wildman–Crippen LogP) is 4.27. The van der Waals surface area contributed by atoms with Crippen LogP contribution in [0.3, 0.4) is 0 Å². The number of likely N-dealkylation sites (tertiary alicyclic amines) is 1. The summed E-state index contributed by atoms with van der Waals surface area (Å²) in [6, 6.07) is 12.1. The van der Waals surface area contributed by atoms with Crippen LogP contribution in [0.1, 0.15) is 48.5 Å². The van der Waals surface area contributed by atoms with Crippen molar-refractivity contribution in [2.75, 3.05) is 34.0 Å². The average molecular weight is 456 g/mol. The summed E-state index contributed by atoms with van der Waals surface area (Å²) in [5.41, 5.74) is 1.52. The summed E-state index contributed by atoms with van der Waals surface area (Å²) in [7, 11) is 3.17. The monoisotopic (exact) mass is 455 g/mol. The van der Waals surface area contributed by atoms with E-state index in [0.29, 0.717) is 43.1 Å². The Balaban J connectivity index is 1.58. The Morgan fingerprint density at radius 2 is 1.73 bits per heavy atom. The van der Waals surface area contributed by atoms with Crippen molar-refractivity contribution in [3.8, 4) is 17.2 Å². The lowest BCUT2D eigenvalue weighted by molar-refractivity contribution is -0.150. The molecule has 0 aliphatic carbocycles. The summed E-state index contributed by atoms with van der Waals surface area (Å²) in [6.45, 7) is 3.46. The van der Waals surface area contributed by atoms with Crippen LogP contribution in [0, 0.1) is 0 Å². The van der Waals surface area contributed by atoms with E-state index in [0.717, 1.165) is 30.6 Å². The van der Waals surface area contributed by atoms with E-state index in [1.54, 1.807) is 43.4 Å². The lowest BCUT2D eigenvalue weighted by Gasteiger charge is -2.34. The van der Waals surface area contributed by atoms with E-state index in [4.69, 9.17) is 18.9 Å². The van der Waals surface area contributed by atoms with E-state index in [2.05, 4.69) is 0 Å². The van der Waals surface area contributed by atoms with Gasteiger partial charge in [0.1, 0.15) is 11.8 Å². The van der Waals surface area contributed by atoms with Gasteiger partial charge in [0.05, 0.1) is 27.4 Å². The van der Waals surface area contributed by atoms with Gasteiger partial charge in [0, 0.05) is 18.5 Å². The third-order valence-electron chi connectivity index (χ3n) is 5.69. The molecule has 0 N–H and O–H groups in total. The Hall–Kier alpha value is -3.22. The van der Waals surface area contributed by atoms with Crippen LogP contribution in [0.4, 0.5) is 0 Å². The standard InChI is InChI=1S/C26H33NO6/c1-4-16-32-21-11-9-20(10-12-21)25(28)27-15-6-5-7-22(27)26(29)33-17-14-19-8-13-23(30-2)24(18-19)31-3/h8-13,18,22H,4-7,14-17H2,1-3H3. The number of methoxy groups -OCH3 is 2. The molecule has 7 heteroatoms. The average Bonchev–Trinajstić information content (AvgIpc) is 2.87. The van der Waals surface area contributed by atoms with Crippen LogP contribution >= 0.6 is 0 Å². The van der Waals surface area contributed by atoms with E-state index in [1.165, 1.54) is 0 Å². The topological polar surface area (TPSA) is 74.3 Å². The van der Waals surface area contributed by atoms with Gasteiger partial charge in [0.15, 0.2) is 11.5 Å². The highest BCUT2D eigenvalue weighted by Gasteiger charge is 2.33. The molecular formula is C26H33NO6. The van der Waals surface area contributed by atoms with Crippen molar-refractivity contribution in [2.45, 2.75) is 45.1 Å². The van der Waals surface area contributed by atoms with Crippen LogP contribution < -0.4 is 14.2 Å². The van der Waals surface area contributed by atoms with Gasteiger partial charge in [-0.05, 0) is 67.6 Å². The fraction of sp³-hybridized carbons (Fsp3) is 0.462. The molecule has 0 spiro atoms. The molecule has 0 saturated carbocycles. The smallest absolute Gasteiger partial charge is 0.328 e. The first-order valence-electron chi connectivity index (χ1n) is 11.5. The van der Waals surface area contributed by atoms with Gasteiger partial charge in [0.25, 0.3) is 5.91 Å². The second-order valence-electron chi connectivity index (χ2n) is 7.99. The zero-order valence-electron chi connectivity index (χ0n) is 19.7. The first-order valence-corrected chi connectivity index (χ1v) is 11.5. The molecule has 1 fully saturated rings. The van der Waals surface area contributed by atoms with Gasteiger partial charge in [-0.2, -0.15) is 0 Å². The molecule has 1 atom stereocenters. The molecule has 3 rings (SSSR count). The Morgan fingerprint density at radius 3 is 2.42 bits per heavy atom. The van der Waals surface area contributed by atoms with E-state index in [1.807, 2.05) is 25.1 Å². The van der Waals surface area contributed by atoms with Crippen molar-refractivity contribution in [3.05, 3.63) is 53.6 Å². The van der Waals surface area contributed by atoms with Crippen molar-refractivity contribution in [1.29, 1.82) is 0 Å². The predicted molar refractivity (Wildman–Crippen MR) is 125 cm³/mol. The summed E-state index contributed by atoms with van der Waals surface area (Å²) in [5.74, 6) is 1.51. The highest BCUT2D eigenvalue weighted by atomic mass is 16.5. The fourth-order valence-corrected chi connectivity index (χ4v) is 3.90. The minimum atomic E-state index is -0.562. The molecule has 1 amide bonds. The number of amides is 1. The third kappa shape index (κ3) is 6.40. The summed E-state index contributed by atoms with van der Waals surface area (Å²) < 4.78 is 21.7. The molecule has 33 heavy (non-hydrogen) atoms. The normalized spacial score (nSPS) is 15.6. The van der Waals surface area contributed by atoms with Crippen LogP contribution in [-0.2, 0) is 16.0 Å². The van der Waals surface area contributed by atoms with Crippen molar-refractivity contribution in [2.24, 2.45) is 0 Å². The van der Waals surface area contributed by atoms with Crippen molar-refractivity contribution in [1.82, 2.24) is 4.90 Å². The number of nitrogens with zero attached hydrogens (tertiary/aromatic N) is 1.